The molecule has 1 aromatic carbocycles. The molecule has 2 fully saturated rings. The molecule has 2 N–H and O–H groups in total. The number of hydrogen-bond acceptors (Lipinski definition) is 7. The number of nitrogens with one attached hydrogen (secondary N) is 2. The van der Waals surface area contributed by atoms with E-state index in [0.717, 1.165) is 37.7 Å². The maximum Gasteiger partial charge on any atom is 0.329 e. The van der Waals surface area contributed by atoms with Gasteiger partial charge in [0.1, 0.15) is 6.04 Å². The molecule has 2 saturated heterocycles. The van der Waals surface area contributed by atoms with Crippen LogP contribution in [0.5, 0.6) is 0 Å². The molecule has 10 nitrogen and oxygen atoms in total. The zero-order chi connectivity index (χ0) is 24.6. The molecular formula is C25H27N7O3. The summed E-state index contributed by atoms with van der Waals surface area (Å²) in [6.45, 7) is 6.03. The smallest absolute Gasteiger partial charge is 0.329 e. The third-order valence-electron chi connectivity index (χ3n) is 6.79. The second-order valence-electron chi connectivity index (χ2n) is 9.33. The molecule has 2 aliphatic rings. The Kier molecular flexibility index (Phi) is 5.86. The Morgan fingerprint density at radius 3 is 2.54 bits per heavy atom. The van der Waals surface area contributed by atoms with Crippen LogP contribution in [0.15, 0.2) is 35.4 Å². The molecule has 2 amide bonds. The Morgan fingerprint density at radius 1 is 1.20 bits per heavy atom. The predicted octanol–water partition coefficient (Wildman–Crippen LogP) is 0.553. The Balaban J connectivity index is 1.38. The van der Waals surface area contributed by atoms with Gasteiger partial charge in [0.15, 0.2) is 0 Å². The molecule has 3 aromatic rings. The Hall–Kier alpha value is -3.97. The number of aromatic nitrogens is 4. The van der Waals surface area contributed by atoms with Crippen LogP contribution in [0.1, 0.15) is 36.9 Å². The molecule has 1 unspecified atom stereocenters. The number of amides is 2. The van der Waals surface area contributed by atoms with E-state index in [2.05, 4.69) is 37.3 Å². The largest absolute Gasteiger partial charge is 0.339 e. The fourth-order valence-corrected chi connectivity index (χ4v) is 4.85. The minimum absolute atomic E-state index is 0.320. The van der Waals surface area contributed by atoms with E-state index >= 15 is 0 Å². The summed E-state index contributed by atoms with van der Waals surface area (Å²) in [7, 11) is 1.66. The number of anilines is 1. The van der Waals surface area contributed by atoms with E-state index in [0.29, 0.717) is 41.3 Å². The third kappa shape index (κ3) is 4.08. The average molecular weight is 474 g/mol. The highest BCUT2D eigenvalue weighted by atomic mass is 16.2. The number of nitrogens with zero attached hydrogens (tertiary/aromatic N) is 5. The van der Waals surface area contributed by atoms with Crippen LogP contribution in [-0.4, -0.2) is 57.6 Å². The van der Waals surface area contributed by atoms with Crippen molar-refractivity contribution in [2.45, 2.75) is 25.8 Å². The molecule has 4 heterocycles. The van der Waals surface area contributed by atoms with Crippen LogP contribution < -0.4 is 21.2 Å². The van der Waals surface area contributed by atoms with Crippen molar-refractivity contribution in [3.63, 3.8) is 0 Å². The van der Waals surface area contributed by atoms with Gasteiger partial charge in [-0.3, -0.25) is 24.0 Å². The molecule has 2 aliphatic heterocycles. The molecule has 10 heteroatoms. The van der Waals surface area contributed by atoms with Crippen molar-refractivity contribution in [3.8, 4) is 11.8 Å². The Labute approximate surface area is 202 Å². The number of aryl methyl sites for hydroxylation is 1. The highest BCUT2D eigenvalue weighted by Crippen LogP contribution is 2.35. The van der Waals surface area contributed by atoms with Crippen LogP contribution in [-0.2, 0) is 16.6 Å². The van der Waals surface area contributed by atoms with Gasteiger partial charge in [-0.2, -0.15) is 0 Å². The SMILES string of the molecule is CCCC(C(=O)NC=O)n1c(=O)n(C)c2cc(C#Cc3cnc(N4CC5(CNC5)C4)nc3)ccc21. The van der Waals surface area contributed by atoms with Crippen LogP contribution >= 0.6 is 0 Å². The van der Waals surface area contributed by atoms with Crippen molar-refractivity contribution < 1.29 is 9.59 Å². The summed E-state index contributed by atoms with van der Waals surface area (Å²) >= 11 is 0. The molecule has 0 radical (unpaired) electrons. The van der Waals surface area contributed by atoms with Crippen molar-refractivity contribution in [2.24, 2.45) is 12.5 Å². The second-order valence-corrected chi connectivity index (χ2v) is 9.33. The zero-order valence-corrected chi connectivity index (χ0v) is 19.7. The summed E-state index contributed by atoms with van der Waals surface area (Å²) in [5.74, 6) is 6.43. The molecule has 5 rings (SSSR count). The highest BCUT2D eigenvalue weighted by molar-refractivity contribution is 5.90. The van der Waals surface area contributed by atoms with E-state index in [1.165, 1.54) is 9.13 Å². The van der Waals surface area contributed by atoms with Gasteiger partial charge in [0.25, 0.3) is 0 Å². The van der Waals surface area contributed by atoms with Crippen molar-refractivity contribution in [3.05, 3.63) is 52.2 Å². The van der Waals surface area contributed by atoms with E-state index in [9.17, 15) is 14.4 Å². The number of imidazole rings is 1. The maximum absolute atomic E-state index is 13.0. The van der Waals surface area contributed by atoms with Crippen LogP contribution in [0.3, 0.4) is 0 Å². The number of carbonyl (C=O) groups is 2. The summed E-state index contributed by atoms with van der Waals surface area (Å²) in [6.07, 6.45) is 4.92. The molecule has 1 spiro atoms. The third-order valence-corrected chi connectivity index (χ3v) is 6.79. The number of fused-ring (bicyclic) bond motifs is 1. The van der Waals surface area contributed by atoms with Crippen LogP contribution in [0, 0.1) is 17.3 Å². The van der Waals surface area contributed by atoms with Gasteiger partial charge in [0.2, 0.25) is 18.3 Å². The molecule has 1 atom stereocenters. The van der Waals surface area contributed by atoms with Gasteiger partial charge in [-0.25, -0.2) is 14.8 Å². The summed E-state index contributed by atoms with van der Waals surface area (Å²) in [5, 5.41) is 5.50. The normalized spacial score (nSPS) is 16.7. The molecule has 180 valence electrons. The quantitative estimate of drug-likeness (QED) is 0.397. The summed E-state index contributed by atoms with van der Waals surface area (Å²) in [5.41, 5.74) is 2.79. The summed E-state index contributed by atoms with van der Waals surface area (Å²) in [6, 6.07) is 4.65. The van der Waals surface area contributed by atoms with E-state index in [-0.39, 0.29) is 5.69 Å². The first-order chi connectivity index (χ1) is 16.9. The van der Waals surface area contributed by atoms with E-state index in [1.54, 1.807) is 25.5 Å². The van der Waals surface area contributed by atoms with Gasteiger partial charge in [-0.15, -0.1) is 0 Å². The van der Waals surface area contributed by atoms with Gasteiger partial charge in [0, 0.05) is 56.6 Å². The number of imide groups is 1. The lowest BCUT2D eigenvalue weighted by atomic mass is 9.75. The first-order valence-corrected chi connectivity index (χ1v) is 11.7. The number of benzene rings is 1. The Bertz CT molecular complexity index is 1400. The lowest BCUT2D eigenvalue weighted by Crippen LogP contribution is -2.71. The number of rotatable bonds is 6. The number of hydrogen-bond donors (Lipinski definition) is 2. The molecule has 0 aliphatic carbocycles. The van der Waals surface area contributed by atoms with Crippen LogP contribution in [0.25, 0.3) is 11.0 Å². The minimum atomic E-state index is -0.768. The molecule has 2 aromatic heterocycles. The van der Waals surface area contributed by atoms with Crippen LogP contribution in [0.2, 0.25) is 0 Å². The molecular weight excluding hydrogens is 446 g/mol. The van der Waals surface area contributed by atoms with Crippen molar-refractivity contribution in [1.82, 2.24) is 29.7 Å². The predicted molar refractivity (Wildman–Crippen MR) is 131 cm³/mol. The molecule has 0 bridgehead atoms. The average Bonchev–Trinajstić information content (AvgIpc) is 3.05. The lowest BCUT2D eigenvalue weighted by Gasteiger charge is -2.55. The second kappa shape index (κ2) is 9.00. The lowest BCUT2D eigenvalue weighted by molar-refractivity contribution is -0.128. The minimum Gasteiger partial charge on any atom is -0.339 e. The van der Waals surface area contributed by atoms with E-state index < -0.39 is 11.9 Å². The zero-order valence-electron chi connectivity index (χ0n) is 19.7. The van der Waals surface area contributed by atoms with Gasteiger partial charge in [-0.1, -0.05) is 25.2 Å². The fraction of sp³-hybridized carbons (Fsp3) is 0.400. The highest BCUT2D eigenvalue weighted by Gasteiger charge is 2.48. The first-order valence-electron chi connectivity index (χ1n) is 11.7. The van der Waals surface area contributed by atoms with Crippen LogP contribution in [0.4, 0.5) is 5.95 Å². The summed E-state index contributed by atoms with van der Waals surface area (Å²) < 4.78 is 2.94. The standard InChI is InChI=1S/C25H27N7O3/c1-3-4-20(22(34)29-16-33)32-19-8-7-17(9-21(19)30(2)24(32)35)5-6-18-10-27-23(28-11-18)31-14-25(15-31)12-26-13-25/h7-11,16,20,26H,3-4,12-15H2,1-2H3,(H,29,33,34). The van der Waals surface area contributed by atoms with E-state index in [4.69, 9.17) is 0 Å². The Morgan fingerprint density at radius 2 is 1.91 bits per heavy atom. The monoisotopic (exact) mass is 473 g/mol. The van der Waals surface area contributed by atoms with Crippen molar-refractivity contribution in [1.29, 1.82) is 0 Å². The number of carbonyl (C=O) groups excluding carboxylic acids is 2. The molecule has 0 saturated carbocycles. The topological polar surface area (TPSA) is 114 Å². The van der Waals surface area contributed by atoms with Crippen molar-refractivity contribution in [2.75, 3.05) is 31.1 Å². The van der Waals surface area contributed by atoms with Gasteiger partial charge < -0.3 is 10.2 Å². The van der Waals surface area contributed by atoms with Gasteiger partial charge >= 0.3 is 5.69 Å². The van der Waals surface area contributed by atoms with Gasteiger partial charge in [-0.05, 0) is 24.6 Å². The maximum atomic E-state index is 13.0. The fourth-order valence-electron chi connectivity index (χ4n) is 4.85. The summed E-state index contributed by atoms with van der Waals surface area (Å²) in [4.78, 5) is 47.3. The molecule has 35 heavy (non-hydrogen) atoms. The van der Waals surface area contributed by atoms with E-state index in [1.807, 2.05) is 19.1 Å². The first kappa shape index (κ1) is 22.8. The van der Waals surface area contributed by atoms with Crippen molar-refractivity contribution >= 4 is 29.3 Å². The van der Waals surface area contributed by atoms with Gasteiger partial charge in [0.05, 0.1) is 16.6 Å².